The first-order chi connectivity index (χ1) is 31.2. The van der Waals surface area contributed by atoms with Crippen LogP contribution in [0.3, 0.4) is 0 Å². The number of carbonyl (C=O) groups excluding carboxylic acids is 2. The number of esters is 1. The van der Waals surface area contributed by atoms with E-state index in [9.17, 15) is 35.1 Å². The Kier molecular flexibility index (Phi) is 41.1. The minimum atomic E-state index is -1.58. The van der Waals surface area contributed by atoms with Crippen molar-refractivity contribution in [2.45, 2.75) is 281 Å². The Morgan fingerprint density at radius 3 is 1.50 bits per heavy atom. The van der Waals surface area contributed by atoms with Crippen molar-refractivity contribution in [3.05, 3.63) is 24.3 Å². The summed E-state index contributed by atoms with van der Waals surface area (Å²) in [6.45, 7) is 4.23. The SMILES string of the molecule is CCCCCCCCC/C=C/C(O)C(COC1OC(CO)C(O)C(O)C1O)NC(=O)CCCCCCC/C=C\CCCCCOC(=O)CCCCCCCCCCCCCCCCC. The lowest BCUT2D eigenvalue weighted by Gasteiger charge is -2.40. The molecule has 0 aromatic rings. The average molecular weight is 910 g/mol. The minimum absolute atomic E-state index is 0.0445. The van der Waals surface area contributed by atoms with Gasteiger partial charge in [-0.3, -0.25) is 9.59 Å². The van der Waals surface area contributed by atoms with Crippen LogP contribution in [0.25, 0.3) is 0 Å². The van der Waals surface area contributed by atoms with Crippen LogP contribution in [0.2, 0.25) is 0 Å². The first-order valence-electron chi connectivity index (χ1n) is 26.6. The van der Waals surface area contributed by atoms with Crippen molar-refractivity contribution in [3.8, 4) is 0 Å². The van der Waals surface area contributed by atoms with Crippen LogP contribution in [-0.2, 0) is 23.8 Å². The Hall–Kier alpha value is -1.86. The number of allylic oxidation sites excluding steroid dienone is 3. The summed E-state index contributed by atoms with van der Waals surface area (Å²) in [5.41, 5.74) is 0. The number of rotatable bonds is 45. The summed E-state index contributed by atoms with van der Waals surface area (Å²) in [6.07, 6.45) is 39.8. The molecule has 6 N–H and O–H groups in total. The molecule has 11 heteroatoms. The zero-order chi connectivity index (χ0) is 46.7. The monoisotopic (exact) mass is 910 g/mol. The number of unbranched alkanes of at least 4 members (excludes halogenated alkanes) is 29. The summed E-state index contributed by atoms with van der Waals surface area (Å²) in [5.74, 6) is -0.254. The number of ether oxygens (including phenoxy) is 3. The predicted molar refractivity (Wildman–Crippen MR) is 260 cm³/mol. The summed E-state index contributed by atoms with van der Waals surface area (Å²) < 4.78 is 16.6. The van der Waals surface area contributed by atoms with Gasteiger partial charge in [0.1, 0.15) is 24.4 Å². The smallest absolute Gasteiger partial charge is 0.305 e. The van der Waals surface area contributed by atoms with Crippen LogP contribution in [0.4, 0.5) is 0 Å². The van der Waals surface area contributed by atoms with Gasteiger partial charge in [0.05, 0.1) is 32.0 Å². The van der Waals surface area contributed by atoms with Gasteiger partial charge in [0.15, 0.2) is 6.29 Å². The number of carbonyl (C=O) groups is 2. The molecule has 1 saturated heterocycles. The van der Waals surface area contributed by atoms with Gasteiger partial charge in [-0.25, -0.2) is 0 Å². The summed E-state index contributed by atoms with van der Waals surface area (Å²) in [7, 11) is 0. The van der Waals surface area contributed by atoms with Crippen molar-refractivity contribution >= 4 is 11.9 Å². The quantitative estimate of drug-likeness (QED) is 0.0196. The lowest BCUT2D eigenvalue weighted by atomic mass is 9.99. The van der Waals surface area contributed by atoms with Crippen LogP contribution in [-0.4, -0.2) is 100 Å². The van der Waals surface area contributed by atoms with Crippen molar-refractivity contribution in [3.63, 3.8) is 0 Å². The lowest BCUT2D eigenvalue weighted by molar-refractivity contribution is -0.302. The zero-order valence-corrected chi connectivity index (χ0v) is 41.0. The van der Waals surface area contributed by atoms with E-state index >= 15 is 0 Å². The number of amides is 1. The molecule has 11 nitrogen and oxygen atoms in total. The molecule has 7 atom stereocenters. The van der Waals surface area contributed by atoms with Crippen LogP contribution in [0.15, 0.2) is 24.3 Å². The van der Waals surface area contributed by atoms with E-state index in [1.807, 2.05) is 6.08 Å². The number of nitrogens with one attached hydrogen (secondary N) is 1. The third kappa shape index (κ3) is 33.6. The van der Waals surface area contributed by atoms with Crippen molar-refractivity contribution < 1.29 is 49.3 Å². The van der Waals surface area contributed by atoms with Gasteiger partial charge in [0.2, 0.25) is 5.91 Å². The molecule has 0 saturated carbocycles. The highest BCUT2D eigenvalue weighted by Crippen LogP contribution is 2.23. The van der Waals surface area contributed by atoms with E-state index in [2.05, 4.69) is 31.3 Å². The van der Waals surface area contributed by atoms with Crippen molar-refractivity contribution in [2.24, 2.45) is 0 Å². The van der Waals surface area contributed by atoms with E-state index in [4.69, 9.17) is 14.2 Å². The molecule has 0 spiro atoms. The maximum absolute atomic E-state index is 12.9. The first-order valence-corrected chi connectivity index (χ1v) is 26.6. The van der Waals surface area contributed by atoms with Crippen LogP contribution in [0, 0.1) is 0 Å². The number of aliphatic hydroxyl groups excluding tert-OH is 5. The number of hydrogen-bond acceptors (Lipinski definition) is 10. The van der Waals surface area contributed by atoms with Gasteiger partial charge in [-0.2, -0.15) is 0 Å². The molecular formula is C53H99NO10. The van der Waals surface area contributed by atoms with Crippen molar-refractivity contribution in [1.82, 2.24) is 5.32 Å². The predicted octanol–water partition coefficient (Wildman–Crippen LogP) is 11.0. The van der Waals surface area contributed by atoms with E-state index in [1.165, 1.54) is 116 Å². The Bertz CT molecular complexity index is 1120. The van der Waals surface area contributed by atoms with Crippen molar-refractivity contribution in [1.29, 1.82) is 0 Å². The highest BCUT2D eigenvalue weighted by Gasteiger charge is 2.44. The van der Waals surface area contributed by atoms with E-state index in [0.29, 0.717) is 19.4 Å². The van der Waals surface area contributed by atoms with Crippen LogP contribution in [0.5, 0.6) is 0 Å². The molecule has 0 bridgehead atoms. The minimum Gasteiger partial charge on any atom is -0.466 e. The van der Waals surface area contributed by atoms with Gasteiger partial charge < -0.3 is 45.1 Å². The molecule has 1 fully saturated rings. The summed E-state index contributed by atoms with van der Waals surface area (Å²) in [4.78, 5) is 25.0. The molecule has 1 rings (SSSR count). The molecule has 1 heterocycles. The second-order valence-corrected chi connectivity index (χ2v) is 18.6. The number of hydrogen-bond donors (Lipinski definition) is 6. The molecule has 7 unspecified atom stereocenters. The molecule has 1 aliphatic heterocycles. The van der Waals surface area contributed by atoms with E-state index in [0.717, 1.165) is 96.3 Å². The molecule has 1 aliphatic rings. The lowest BCUT2D eigenvalue weighted by Crippen LogP contribution is -2.60. The van der Waals surface area contributed by atoms with Crippen molar-refractivity contribution in [2.75, 3.05) is 19.8 Å². The standard InChI is InChI=1S/C53H99NO10/c1-3-5-7-9-11-13-14-15-16-17-21-25-29-33-37-41-49(58)62-42-38-34-30-26-22-19-18-20-24-28-32-36-40-48(57)54-45(46(56)39-35-31-27-23-12-10-8-6-4-2)44-63-53-52(61)51(60)50(59)47(43-55)64-53/h19,22,35,39,45-47,50-53,55-56,59-61H,3-18,20-21,23-34,36-38,40-44H2,1-2H3,(H,54,57)/b22-19-,39-35+. The van der Waals surface area contributed by atoms with Gasteiger partial charge in [0, 0.05) is 12.8 Å². The molecule has 376 valence electrons. The second kappa shape index (κ2) is 43.7. The summed E-state index contributed by atoms with van der Waals surface area (Å²) in [5, 5.41) is 54.1. The Morgan fingerprint density at radius 1 is 0.562 bits per heavy atom. The van der Waals surface area contributed by atoms with Crippen LogP contribution >= 0.6 is 0 Å². The summed E-state index contributed by atoms with van der Waals surface area (Å²) in [6, 6.07) is -0.826. The normalized spacial score (nSPS) is 20.0. The van der Waals surface area contributed by atoms with Gasteiger partial charge in [-0.15, -0.1) is 0 Å². The zero-order valence-electron chi connectivity index (χ0n) is 41.0. The fraction of sp³-hybridized carbons (Fsp3) is 0.887. The summed E-state index contributed by atoms with van der Waals surface area (Å²) >= 11 is 0. The highest BCUT2D eigenvalue weighted by molar-refractivity contribution is 5.76. The maximum atomic E-state index is 12.9. The Labute approximate surface area is 391 Å². The van der Waals surface area contributed by atoms with Gasteiger partial charge in [-0.1, -0.05) is 186 Å². The topological polar surface area (TPSA) is 175 Å². The van der Waals surface area contributed by atoms with E-state index in [1.54, 1.807) is 6.08 Å². The fourth-order valence-corrected chi connectivity index (χ4v) is 8.25. The first kappa shape index (κ1) is 60.2. The molecular weight excluding hydrogens is 811 g/mol. The maximum Gasteiger partial charge on any atom is 0.305 e. The largest absolute Gasteiger partial charge is 0.466 e. The second-order valence-electron chi connectivity index (χ2n) is 18.6. The Balaban J connectivity index is 2.13. The van der Waals surface area contributed by atoms with Gasteiger partial charge in [-0.05, 0) is 64.2 Å². The molecule has 0 radical (unpaired) electrons. The van der Waals surface area contributed by atoms with E-state index < -0.39 is 49.5 Å². The number of aliphatic hydroxyl groups is 5. The molecule has 1 amide bonds. The van der Waals surface area contributed by atoms with Crippen LogP contribution < -0.4 is 5.32 Å². The molecule has 0 aliphatic carbocycles. The fourth-order valence-electron chi connectivity index (χ4n) is 8.25. The molecule has 0 aromatic heterocycles. The average Bonchev–Trinajstić information content (AvgIpc) is 3.29. The van der Waals surface area contributed by atoms with Crippen LogP contribution in [0.1, 0.15) is 239 Å². The molecule has 64 heavy (non-hydrogen) atoms. The molecule has 0 aromatic carbocycles. The van der Waals surface area contributed by atoms with Gasteiger partial charge >= 0.3 is 5.97 Å². The van der Waals surface area contributed by atoms with Gasteiger partial charge in [0.25, 0.3) is 0 Å². The third-order valence-electron chi connectivity index (χ3n) is 12.6. The Morgan fingerprint density at radius 2 is 1.00 bits per heavy atom. The third-order valence-corrected chi connectivity index (χ3v) is 12.6. The highest BCUT2D eigenvalue weighted by atomic mass is 16.7. The van der Waals surface area contributed by atoms with E-state index in [-0.39, 0.29) is 18.5 Å².